The predicted octanol–water partition coefficient (Wildman–Crippen LogP) is 0.658. The van der Waals surface area contributed by atoms with Gasteiger partial charge in [0, 0.05) is 6.54 Å². The van der Waals surface area contributed by atoms with E-state index < -0.39 is 10.2 Å². The van der Waals surface area contributed by atoms with Crippen LogP contribution in [0.3, 0.4) is 0 Å². The Morgan fingerprint density at radius 2 is 2.11 bits per heavy atom. The maximum absolute atomic E-state index is 11.7. The smallest absolute Gasteiger partial charge is 0.299 e. The maximum Gasteiger partial charge on any atom is 0.299 e. The Hall–Kier alpha value is -1.80. The molecule has 8 heteroatoms. The molecular formula is C11H18N4O3S. The number of nitrogens with two attached hydrogens (primary N) is 1. The molecule has 0 spiro atoms. The number of rotatable bonds is 8. The zero-order chi connectivity index (χ0) is 14.3. The molecule has 0 atom stereocenters. The summed E-state index contributed by atoms with van der Waals surface area (Å²) in [7, 11) is -3.62. The van der Waals surface area contributed by atoms with Gasteiger partial charge in [0.25, 0.3) is 10.2 Å². The van der Waals surface area contributed by atoms with Crippen LogP contribution in [0.15, 0.2) is 24.3 Å². The lowest BCUT2D eigenvalue weighted by atomic mass is 10.3. The third-order valence-electron chi connectivity index (χ3n) is 2.06. The summed E-state index contributed by atoms with van der Waals surface area (Å²) in [6.45, 7) is 2.12. The first kappa shape index (κ1) is 15.3. The Morgan fingerprint density at radius 3 is 2.74 bits per heavy atom. The molecule has 1 aromatic rings. The van der Waals surface area contributed by atoms with Crippen molar-refractivity contribution in [2.45, 2.75) is 13.3 Å². The fourth-order valence-corrected chi connectivity index (χ4v) is 2.25. The van der Waals surface area contributed by atoms with Gasteiger partial charge in [0.1, 0.15) is 18.2 Å². The van der Waals surface area contributed by atoms with Gasteiger partial charge < -0.3 is 10.5 Å². The summed E-state index contributed by atoms with van der Waals surface area (Å²) < 4.78 is 33.4. The number of anilines is 1. The molecule has 0 saturated heterocycles. The average Bonchev–Trinajstić information content (AvgIpc) is 2.35. The molecule has 0 heterocycles. The third kappa shape index (κ3) is 5.58. The maximum atomic E-state index is 11.7. The van der Waals surface area contributed by atoms with E-state index in [-0.39, 0.29) is 12.4 Å². The monoisotopic (exact) mass is 286 g/mol. The number of amidine groups is 1. The fraction of sp³-hybridized carbons (Fsp3) is 0.364. The lowest BCUT2D eigenvalue weighted by molar-refractivity contribution is 0.376. The molecule has 1 rings (SSSR count). The Balaban J connectivity index is 2.80. The van der Waals surface area contributed by atoms with E-state index in [1.54, 1.807) is 24.3 Å². The third-order valence-corrected chi connectivity index (χ3v) is 3.13. The number of hydrogen-bond acceptors (Lipinski definition) is 4. The van der Waals surface area contributed by atoms with Crippen LogP contribution >= 0.6 is 0 Å². The molecule has 0 bridgehead atoms. The summed E-state index contributed by atoms with van der Waals surface area (Å²) in [5, 5.41) is 7.09. The molecule has 0 aliphatic heterocycles. The summed E-state index contributed by atoms with van der Waals surface area (Å²) >= 11 is 0. The number of para-hydroxylation sites is 2. The van der Waals surface area contributed by atoms with Crippen molar-refractivity contribution < 1.29 is 13.2 Å². The Bertz CT molecular complexity index is 530. The van der Waals surface area contributed by atoms with E-state index in [9.17, 15) is 8.42 Å². The quantitative estimate of drug-likeness (QED) is 0.414. The standard InChI is InChI=1S/C11H18N4O3S/c1-2-7-14-19(16,17)15-9-5-3-4-6-10(9)18-8-11(12)13/h3-6,14-15H,2,7-8H2,1H3,(H3,12,13). The van der Waals surface area contributed by atoms with Crippen LogP contribution in [0.1, 0.15) is 13.3 Å². The lowest BCUT2D eigenvalue weighted by Crippen LogP contribution is -2.31. The first-order valence-electron chi connectivity index (χ1n) is 5.76. The SMILES string of the molecule is CCCNS(=O)(=O)Nc1ccccc1OCC(=N)N. The van der Waals surface area contributed by atoms with Gasteiger partial charge in [-0.2, -0.15) is 13.1 Å². The van der Waals surface area contributed by atoms with Gasteiger partial charge in [0.15, 0.2) is 0 Å². The van der Waals surface area contributed by atoms with Gasteiger partial charge in [0.2, 0.25) is 0 Å². The molecule has 0 fully saturated rings. The largest absolute Gasteiger partial charge is 0.484 e. The molecule has 106 valence electrons. The Labute approximate surface area is 112 Å². The van der Waals surface area contributed by atoms with Crippen LogP contribution in [0, 0.1) is 5.41 Å². The molecule has 0 aliphatic carbocycles. The minimum Gasteiger partial charge on any atom is -0.484 e. The van der Waals surface area contributed by atoms with Crippen LogP contribution in [0.25, 0.3) is 0 Å². The van der Waals surface area contributed by atoms with Crippen molar-refractivity contribution >= 4 is 21.7 Å². The second-order valence-corrected chi connectivity index (χ2v) is 5.31. The molecular weight excluding hydrogens is 268 g/mol. The van der Waals surface area contributed by atoms with E-state index in [0.29, 0.717) is 24.4 Å². The molecule has 7 nitrogen and oxygen atoms in total. The van der Waals surface area contributed by atoms with Gasteiger partial charge in [-0.15, -0.1) is 0 Å². The fourth-order valence-electron chi connectivity index (χ4n) is 1.25. The van der Waals surface area contributed by atoms with E-state index in [1.807, 2.05) is 6.92 Å². The molecule has 0 aromatic heterocycles. The first-order valence-corrected chi connectivity index (χ1v) is 7.25. The van der Waals surface area contributed by atoms with Gasteiger partial charge >= 0.3 is 0 Å². The number of nitrogens with one attached hydrogen (secondary N) is 3. The average molecular weight is 286 g/mol. The predicted molar refractivity (Wildman–Crippen MR) is 74.7 cm³/mol. The van der Waals surface area contributed by atoms with Crippen molar-refractivity contribution in [2.24, 2.45) is 5.73 Å². The van der Waals surface area contributed by atoms with Crippen LogP contribution in [0.2, 0.25) is 0 Å². The molecule has 0 radical (unpaired) electrons. The highest BCUT2D eigenvalue weighted by Gasteiger charge is 2.12. The van der Waals surface area contributed by atoms with Gasteiger partial charge in [-0.25, -0.2) is 0 Å². The van der Waals surface area contributed by atoms with Crippen LogP contribution in [-0.4, -0.2) is 27.4 Å². The van der Waals surface area contributed by atoms with E-state index >= 15 is 0 Å². The van der Waals surface area contributed by atoms with Crippen LogP contribution in [0.5, 0.6) is 5.75 Å². The second kappa shape index (κ2) is 6.95. The minimum absolute atomic E-state index is 0.0961. The first-order chi connectivity index (χ1) is 8.94. The molecule has 0 saturated carbocycles. The van der Waals surface area contributed by atoms with Gasteiger partial charge in [-0.3, -0.25) is 10.1 Å². The Kier molecular flexibility index (Phi) is 5.58. The lowest BCUT2D eigenvalue weighted by Gasteiger charge is -2.13. The summed E-state index contributed by atoms with van der Waals surface area (Å²) in [5.41, 5.74) is 5.49. The Morgan fingerprint density at radius 1 is 1.42 bits per heavy atom. The molecule has 5 N–H and O–H groups in total. The van der Waals surface area contributed by atoms with Crippen molar-refractivity contribution in [3.05, 3.63) is 24.3 Å². The summed E-state index contributed by atoms with van der Waals surface area (Å²) in [4.78, 5) is 0. The number of hydrogen-bond donors (Lipinski definition) is 4. The summed E-state index contributed by atoms with van der Waals surface area (Å²) in [6, 6.07) is 6.55. The van der Waals surface area contributed by atoms with E-state index in [4.69, 9.17) is 15.9 Å². The zero-order valence-corrected chi connectivity index (χ0v) is 11.5. The highest BCUT2D eigenvalue weighted by atomic mass is 32.2. The van der Waals surface area contributed by atoms with Crippen molar-refractivity contribution in [3.63, 3.8) is 0 Å². The number of ether oxygens (including phenoxy) is 1. The van der Waals surface area contributed by atoms with Gasteiger partial charge in [-0.05, 0) is 18.6 Å². The van der Waals surface area contributed by atoms with Crippen LogP contribution in [-0.2, 0) is 10.2 Å². The zero-order valence-electron chi connectivity index (χ0n) is 10.6. The molecule has 0 amide bonds. The van der Waals surface area contributed by atoms with Crippen molar-refractivity contribution in [1.82, 2.24) is 4.72 Å². The van der Waals surface area contributed by atoms with Crippen LogP contribution in [0.4, 0.5) is 5.69 Å². The van der Waals surface area contributed by atoms with E-state index in [1.165, 1.54) is 0 Å². The second-order valence-electron chi connectivity index (χ2n) is 3.81. The minimum atomic E-state index is -3.62. The highest BCUT2D eigenvalue weighted by molar-refractivity contribution is 7.90. The summed E-state index contributed by atoms with van der Waals surface area (Å²) in [6.07, 6.45) is 0.698. The van der Waals surface area contributed by atoms with Crippen LogP contribution < -0.4 is 19.9 Å². The highest BCUT2D eigenvalue weighted by Crippen LogP contribution is 2.24. The van der Waals surface area contributed by atoms with Crippen molar-refractivity contribution in [3.8, 4) is 5.75 Å². The summed E-state index contributed by atoms with van der Waals surface area (Å²) in [5.74, 6) is 0.182. The van der Waals surface area contributed by atoms with Crippen molar-refractivity contribution in [2.75, 3.05) is 17.9 Å². The normalized spacial score (nSPS) is 11.0. The molecule has 19 heavy (non-hydrogen) atoms. The van der Waals surface area contributed by atoms with Crippen molar-refractivity contribution in [1.29, 1.82) is 5.41 Å². The number of benzene rings is 1. The molecule has 0 unspecified atom stereocenters. The van der Waals surface area contributed by atoms with Gasteiger partial charge in [-0.1, -0.05) is 19.1 Å². The van der Waals surface area contributed by atoms with E-state index in [0.717, 1.165) is 0 Å². The topological polar surface area (TPSA) is 117 Å². The van der Waals surface area contributed by atoms with E-state index in [2.05, 4.69) is 9.44 Å². The molecule has 0 aliphatic rings. The molecule has 1 aromatic carbocycles. The van der Waals surface area contributed by atoms with Gasteiger partial charge in [0.05, 0.1) is 5.69 Å².